The normalized spacial score (nSPS) is 17.6. The van der Waals surface area contributed by atoms with Gasteiger partial charge in [0.05, 0.1) is 28.2 Å². The summed E-state index contributed by atoms with van der Waals surface area (Å²) >= 11 is 20.2. The maximum atomic E-state index is 13.7. The van der Waals surface area contributed by atoms with Crippen molar-refractivity contribution in [2.24, 2.45) is 0 Å². The molecular weight excluding hydrogens is 513 g/mol. The van der Waals surface area contributed by atoms with Crippen LogP contribution in [0.3, 0.4) is 0 Å². The summed E-state index contributed by atoms with van der Waals surface area (Å²) in [5.41, 5.74) is 0.865. The average Bonchev–Trinajstić information content (AvgIpc) is 3.26. The molecule has 2 aromatic carbocycles. The van der Waals surface area contributed by atoms with Crippen molar-refractivity contribution in [2.45, 2.75) is 25.9 Å². The van der Waals surface area contributed by atoms with Crippen LogP contribution in [0.5, 0.6) is 5.75 Å². The molecule has 1 atom stereocenters. The average molecular weight is 533 g/mol. The van der Waals surface area contributed by atoms with Gasteiger partial charge in [0.15, 0.2) is 9.84 Å². The van der Waals surface area contributed by atoms with Crippen LogP contribution >= 0.6 is 46.1 Å². The van der Waals surface area contributed by atoms with Gasteiger partial charge in [-0.15, -0.1) is 11.3 Å². The first-order valence-electron chi connectivity index (χ1n) is 9.98. The van der Waals surface area contributed by atoms with Crippen molar-refractivity contribution in [1.29, 1.82) is 0 Å². The van der Waals surface area contributed by atoms with Gasteiger partial charge in [0.1, 0.15) is 10.6 Å². The lowest BCUT2D eigenvalue weighted by atomic mass is 10.1. The molecule has 0 bridgehead atoms. The molecule has 1 aliphatic heterocycles. The second-order valence-electron chi connectivity index (χ2n) is 7.57. The van der Waals surface area contributed by atoms with Crippen molar-refractivity contribution in [3.63, 3.8) is 0 Å². The third-order valence-corrected chi connectivity index (χ3v) is 9.22. The van der Waals surface area contributed by atoms with E-state index in [-0.39, 0.29) is 29.0 Å². The summed E-state index contributed by atoms with van der Waals surface area (Å²) in [4.78, 5) is 15.6. The van der Waals surface area contributed by atoms with Gasteiger partial charge in [-0.1, -0.05) is 46.9 Å². The number of rotatable bonds is 6. The number of halogens is 3. The van der Waals surface area contributed by atoms with Crippen LogP contribution in [-0.4, -0.2) is 43.4 Å². The summed E-state index contributed by atoms with van der Waals surface area (Å²) in [6.45, 7) is 2.72. The van der Waals surface area contributed by atoms with Crippen molar-refractivity contribution in [3.8, 4) is 5.75 Å². The van der Waals surface area contributed by atoms with Crippen LogP contribution in [0.4, 0.5) is 0 Å². The van der Waals surface area contributed by atoms with E-state index in [2.05, 4.69) is 0 Å². The molecule has 2 heterocycles. The molecule has 0 radical (unpaired) electrons. The van der Waals surface area contributed by atoms with E-state index in [9.17, 15) is 13.2 Å². The Morgan fingerprint density at radius 2 is 1.91 bits per heavy atom. The maximum Gasteiger partial charge on any atom is 0.266 e. The molecule has 0 N–H and O–H groups in total. The third kappa shape index (κ3) is 4.87. The van der Waals surface area contributed by atoms with Crippen LogP contribution in [0, 0.1) is 0 Å². The molecule has 32 heavy (non-hydrogen) atoms. The maximum absolute atomic E-state index is 13.7. The Kier molecular flexibility index (Phi) is 6.94. The molecular formula is C22H20Cl3NO4S2. The number of thiophene rings is 1. The van der Waals surface area contributed by atoms with E-state index >= 15 is 0 Å². The summed E-state index contributed by atoms with van der Waals surface area (Å²) in [6, 6.07) is 10.3. The number of amides is 1. The molecule has 1 saturated heterocycles. The van der Waals surface area contributed by atoms with Gasteiger partial charge in [-0.2, -0.15) is 0 Å². The van der Waals surface area contributed by atoms with Crippen LogP contribution in [0.1, 0.15) is 28.6 Å². The molecule has 1 fully saturated rings. The van der Waals surface area contributed by atoms with E-state index in [4.69, 9.17) is 39.5 Å². The van der Waals surface area contributed by atoms with E-state index in [1.54, 1.807) is 17.0 Å². The Morgan fingerprint density at radius 3 is 2.53 bits per heavy atom. The van der Waals surface area contributed by atoms with E-state index in [1.807, 2.05) is 31.2 Å². The molecule has 0 saturated carbocycles. The number of nitrogens with zero attached hydrogens (tertiary/aromatic N) is 1. The summed E-state index contributed by atoms with van der Waals surface area (Å²) in [6.07, 6.45) is 0.389. The number of fused-ring (bicyclic) bond motifs is 1. The summed E-state index contributed by atoms with van der Waals surface area (Å²) < 4.78 is 30.5. The number of benzene rings is 2. The number of carbonyl (C=O) groups is 1. The van der Waals surface area contributed by atoms with Crippen LogP contribution in [0.15, 0.2) is 36.4 Å². The summed E-state index contributed by atoms with van der Waals surface area (Å²) in [5.74, 6) is 0.410. The van der Waals surface area contributed by atoms with Gasteiger partial charge in [0.25, 0.3) is 5.91 Å². The smallest absolute Gasteiger partial charge is 0.266 e. The Balaban J connectivity index is 1.71. The number of carbonyl (C=O) groups excluding carboxylic acids is 1. The molecule has 1 amide bonds. The fourth-order valence-corrected chi connectivity index (χ4v) is 7.88. The number of hydrogen-bond acceptors (Lipinski definition) is 5. The van der Waals surface area contributed by atoms with Crippen molar-refractivity contribution >= 4 is 72.0 Å². The first-order valence-corrected chi connectivity index (χ1v) is 13.8. The molecule has 0 spiro atoms. The van der Waals surface area contributed by atoms with E-state index in [0.29, 0.717) is 38.0 Å². The Hall–Kier alpha value is -1.51. The van der Waals surface area contributed by atoms with Crippen molar-refractivity contribution in [3.05, 3.63) is 61.9 Å². The van der Waals surface area contributed by atoms with Gasteiger partial charge >= 0.3 is 0 Å². The predicted octanol–water partition coefficient (Wildman–Crippen LogP) is 6.09. The molecule has 10 heteroatoms. The van der Waals surface area contributed by atoms with Crippen molar-refractivity contribution in [2.75, 3.05) is 18.1 Å². The standard InChI is InChI=1S/C22H20Cl3NO4S2/c1-2-30-16-5-3-13(4-6-16)11-26(15-7-8-32(28,29)12-15)22(27)21-20(25)19-17(24)9-14(23)10-18(19)31-21/h3-6,9-10,15H,2,7-8,11-12H2,1H3. The molecule has 0 aliphatic carbocycles. The first kappa shape index (κ1) is 23.6. The highest BCUT2D eigenvalue weighted by atomic mass is 35.5. The van der Waals surface area contributed by atoms with Crippen molar-refractivity contribution < 1.29 is 17.9 Å². The zero-order chi connectivity index (χ0) is 23.0. The number of hydrogen-bond donors (Lipinski definition) is 0. The largest absolute Gasteiger partial charge is 0.494 e. The highest BCUT2D eigenvalue weighted by Gasteiger charge is 2.36. The van der Waals surface area contributed by atoms with Crippen LogP contribution in [-0.2, 0) is 16.4 Å². The van der Waals surface area contributed by atoms with Crippen LogP contribution in [0.25, 0.3) is 10.1 Å². The van der Waals surface area contributed by atoms with E-state index in [1.165, 1.54) is 11.3 Å². The summed E-state index contributed by atoms with van der Waals surface area (Å²) in [7, 11) is -3.19. The van der Waals surface area contributed by atoms with Gasteiger partial charge in [-0.25, -0.2) is 8.42 Å². The molecule has 1 aliphatic rings. The van der Waals surface area contributed by atoms with Crippen molar-refractivity contribution in [1.82, 2.24) is 4.90 Å². The molecule has 170 valence electrons. The topological polar surface area (TPSA) is 63.7 Å². The van der Waals surface area contributed by atoms with Gasteiger partial charge in [-0.3, -0.25) is 4.79 Å². The van der Waals surface area contributed by atoms with Crippen LogP contribution in [0.2, 0.25) is 15.1 Å². The predicted molar refractivity (Wildman–Crippen MR) is 131 cm³/mol. The lowest BCUT2D eigenvalue weighted by molar-refractivity contribution is 0.0686. The third-order valence-electron chi connectivity index (χ3n) is 5.34. The molecule has 5 nitrogen and oxygen atoms in total. The molecule has 4 rings (SSSR count). The molecule has 3 aromatic rings. The zero-order valence-corrected chi connectivity index (χ0v) is 21.0. The quantitative estimate of drug-likeness (QED) is 0.385. The second-order valence-corrected chi connectivity index (χ2v) is 12.1. The minimum absolute atomic E-state index is 0.0618. The Bertz CT molecular complexity index is 1270. The highest BCUT2D eigenvalue weighted by Crippen LogP contribution is 2.42. The number of sulfone groups is 1. The lowest BCUT2D eigenvalue weighted by Gasteiger charge is -2.28. The van der Waals surface area contributed by atoms with E-state index in [0.717, 1.165) is 11.3 Å². The summed E-state index contributed by atoms with van der Waals surface area (Å²) in [5, 5.41) is 1.65. The minimum atomic E-state index is -3.19. The van der Waals surface area contributed by atoms with E-state index < -0.39 is 15.9 Å². The van der Waals surface area contributed by atoms with Gasteiger partial charge in [0, 0.05) is 27.7 Å². The minimum Gasteiger partial charge on any atom is -0.494 e. The Labute approximate surface area is 205 Å². The van der Waals surface area contributed by atoms with Crippen LogP contribution < -0.4 is 4.74 Å². The van der Waals surface area contributed by atoms with Gasteiger partial charge < -0.3 is 9.64 Å². The monoisotopic (exact) mass is 531 g/mol. The first-order chi connectivity index (χ1) is 15.2. The Morgan fingerprint density at radius 1 is 1.19 bits per heavy atom. The zero-order valence-electron chi connectivity index (χ0n) is 17.1. The fourth-order valence-electron chi connectivity index (χ4n) is 3.82. The number of ether oxygens (including phenoxy) is 1. The fraction of sp³-hybridized carbons (Fsp3) is 0.318. The SMILES string of the molecule is CCOc1ccc(CN(C(=O)c2sc3cc(Cl)cc(Cl)c3c2Cl)C2CCS(=O)(=O)C2)cc1. The van der Waals surface area contributed by atoms with Gasteiger partial charge in [-0.05, 0) is 43.2 Å². The van der Waals surface area contributed by atoms with Gasteiger partial charge in [0.2, 0.25) is 0 Å². The lowest BCUT2D eigenvalue weighted by Crippen LogP contribution is -2.40. The second kappa shape index (κ2) is 9.39. The molecule has 1 unspecified atom stereocenters. The molecule has 1 aromatic heterocycles. The highest BCUT2D eigenvalue weighted by molar-refractivity contribution is 7.91.